The minimum absolute atomic E-state index is 0.0163. The standard InChI is InChI=1S/C9H18N2O4S/c1-7(2)5-16(14,15)11-4-3-9(10,6-11)8(12)13/h7H,3-6,10H2,1-2H3,(H,12,13). The molecule has 0 aliphatic carbocycles. The van der Waals surface area contributed by atoms with Gasteiger partial charge < -0.3 is 10.8 Å². The molecule has 1 saturated heterocycles. The minimum atomic E-state index is -3.37. The second-order valence-corrected chi connectivity index (χ2v) is 6.73. The van der Waals surface area contributed by atoms with Gasteiger partial charge in [-0.2, -0.15) is 4.31 Å². The fourth-order valence-electron chi connectivity index (χ4n) is 1.74. The van der Waals surface area contributed by atoms with Gasteiger partial charge in [0.15, 0.2) is 0 Å². The zero-order valence-corrected chi connectivity index (χ0v) is 10.3. The molecule has 1 unspecified atom stereocenters. The maximum atomic E-state index is 11.8. The van der Waals surface area contributed by atoms with E-state index in [1.165, 1.54) is 4.31 Å². The molecule has 0 radical (unpaired) electrons. The molecular weight excluding hydrogens is 232 g/mol. The summed E-state index contributed by atoms with van der Waals surface area (Å²) in [5.74, 6) is -1.10. The van der Waals surface area contributed by atoms with Gasteiger partial charge in [0, 0.05) is 13.1 Å². The number of rotatable bonds is 4. The van der Waals surface area contributed by atoms with Crippen molar-refractivity contribution in [3.05, 3.63) is 0 Å². The van der Waals surface area contributed by atoms with Crippen molar-refractivity contribution in [3.63, 3.8) is 0 Å². The van der Waals surface area contributed by atoms with Crippen LogP contribution in [-0.4, -0.2) is 48.2 Å². The molecule has 0 aromatic heterocycles. The lowest BCUT2D eigenvalue weighted by atomic mass is 10.0. The predicted octanol–water partition coefficient (Wildman–Crippen LogP) is -0.540. The van der Waals surface area contributed by atoms with Crippen molar-refractivity contribution in [2.75, 3.05) is 18.8 Å². The average molecular weight is 250 g/mol. The third-order valence-corrected chi connectivity index (χ3v) is 4.82. The third-order valence-electron chi connectivity index (χ3n) is 2.63. The highest BCUT2D eigenvalue weighted by Crippen LogP contribution is 2.22. The van der Waals surface area contributed by atoms with E-state index < -0.39 is 21.5 Å². The van der Waals surface area contributed by atoms with Gasteiger partial charge in [0.2, 0.25) is 10.0 Å². The van der Waals surface area contributed by atoms with Gasteiger partial charge >= 0.3 is 5.97 Å². The molecule has 0 aromatic rings. The van der Waals surface area contributed by atoms with Gasteiger partial charge in [-0.15, -0.1) is 0 Å². The summed E-state index contributed by atoms with van der Waals surface area (Å²) in [6.45, 7) is 3.68. The summed E-state index contributed by atoms with van der Waals surface area (Å²) in [6, 6.07) is 0. The Morgan fingerprint density at radius 3 is 2.50 bits per heavy atom. The molecular formula is C9H18N2O4S. The number of carbonyl (C=O) groups is 1. The summed E-state index contributed by atoms with van der Waals surface area (Å²) in [7, 11) is -3.37. The number of nitrogens with two attached hydrogens (primary N) is 1. The first kappa shape index (κ1) is 13.4. The molecule has 94 valence electrons. The third kappa shape index (κ3) is 2.72. The topological polar surface area (TPSA) is 101 Å². The number of hydrogen-bond acceptors (Lipinski definition) is 4. The summed E-state index contributed by atoms with van der Waals surface area (Å²) in [5.41, 5.74) is 4.19. The fraction of sp³-hybridized carbons (Fsp3) is 0.889. The highest BCUT2D eigenvalue weighted by atomic mass is 32.2. The largest absolute Gasteiger partial charge is 0.480 e. The van der Waals surface area contributed by atoms with Gasteiger partial charge in [-0.1, -0.05) is 13.8 Å². The number of carboxylic acid groups (broad SMARTS) is 1. The summed E-state index contributed by atoms with van der Waals surface area (Å²) < 4.78 is 24.8. The Labute approximate surface area is 95.5 Å². The molecule has 1 aliphatic heterocycles. The molecule has 1 atom stereocenters. The van der Waals surface area contributed by atoms with Crippen LogP contribution in [-0.2, 0) is 14.8 Å². The quantitative estimate of drug-likeness (QED) is 0.698. The van der Waals surface area contributed by atoms with E-state index in [0.717, 1.165) is 0 Å². The van der Waals surface area contributed by atoms with Crippen LogP contribution >= 0.6 is 0 Å². The monoisotopic (exact) mass is 250 g/mol. The van der Waals surface area contributed by atoms with Crippen LogP contribution in [0.15, 0.2) is 0 Å². The zero-order chi connectivity index (χ0) is 12.6. The van der Waals surface area contributed by atoms with E-state index in [9.17, 15) is 13.2 Å². The van der Waals surface area contributed by atoms with Crippen LogP contribution < -0.4 is 5.73 Å². The summed E-state index contributed by atoms with van der Waals surface area (Å²) in [6.07, 6.45) is 0.166. The Hall–Kier alpha value is -0.660. The van der Waals surface area contributed by atoms with E-state index in [1.807, 2.05) is 0 Å². The van der Waals surface area contributed by atoms with Gasteiger partial charge in [-0.05, 0) is 12.3 Å². The zero-order valence-electron chi connectivity index (χ0n) is 9.51. The van der Waals surface area contributed by atoms with E-state index in [4.69, 9.17) is 10.8 Å². The smallest absolute Gasteiger partial charge is 0.325 e. The van der Waals surface area contributed by atoms with Gasteiger partial charge in [-0.3, -0.25) is 4.79 Å². The van der Waals surface area contributed by atoms with Crippen molar-refractivity contribution < 1.29 is 18.3 Å². The molecule has 0 spiro atoms. The van der Waals surface area contributed by atoms with Gasteiger partial charge in [-0.25, -0.2) is 8.42 Å². The summed E-state index contributed by atoms with van der Waals surface area (Å²) >= 11 is 0. The molecule has 6 nitrogen and oxygen atoms in total. The van der Waals surface area contributed by atoms with Crippen LogP contribution in [0.5, 0.6) is 0 Å². The first-order valence-corrected chi connectivity index (χ1v) is 6.78. The number of carboxylic acids is 1. The van der Waals surface area contributed by atoms with Crippen LogP contribution in [0.4, 0.5) is 0 Å². The first-order chi connectivity index (χ1) is 7.17. The molecule has 1 fully saturated rings. The van der Waals surface area contributed by atoms with E-state index in [1.54, 1.807) is 13.8 Å². The van der Waals surface area contributed by atoms with Crippen molar-refractivity contribution in [1.29, 1.82) is 0 Å². The Kier molecular flexibility index (Phi) is 3.61. The van der Waals surface area contributed by atoms with Crippen molar-refractivity contribution in [1.82, 2.24) is 4.31 Å². The number of aliphatic carboxylic acids is 1. The number of sulfonamides is 1. The molecule has 16 heavy (non-hydrogen) atoms. The maximum absolute atomic E-state index is 11.8. The summed E-state index contributed by atoms with van der Waals surface area (Å²) in [5, 5.41) is 8.89. The molecule has 1 aliphatic rings. The molecule has 0 bridgehead atoms. The van der Waals surface area contributed by atoms with Gasteiger partial charge in [0.25, 0.3) is 0 Å². The second-order valence-electron chi connectivity index (χ2n) is 4.72. The van der Waals surface area contributed by atoms with Crippen LogP contribution in [0, 0.1) is 5.92 Å². The molecule has 1 heterocycles. The van der Waals surface area contributed by atoms with Gasteiger partial charge in [0.05, 0.1) is 5.75 Å². The summed E-state index contributed by atoms with van der Waals surface area (Å²) in [4.78, 5) is 10.9. The molecule has 7 heteroatoms. The molecule has 3 N–H and O–H groups in total. The van der Waals surface area contributed by atoms with E-state index in [0.29, 0.717) is 0 Å². The van der Waals surface area contributed by atoms with Crippen molar-refractivity contribution >= 4 is 16.0 Å². The predicted molar refractivity (Wildman–Crippen MR) is 59.4 cm³/mol. The van der Waals surface area contributed by atoms with Crippen molar-refractivity contribution in [3.8, 4) is 0 Å². The first-order valence-electron chi connectivity index (χ1n) is 5.17. The number of hydrogen-bond donors (Lipinski definition) is 2. The van der Waals surface area contributed by atoms with Gasteiger partial charge in [0.1, 0.15) is 5.54 Å². The lowest BCUT2D eigenvalue weighted by molar-refractivity contribution is -0.142. The van der Waals surface area contributed by atoms with Crippen molar-refractivity contribution in [2.24, 2.45) is 11.7 Å². The van der Waals surface area contributed by atoms with Crippen molar-refractivity contribution in [2.45, 2.75) is 25.8 Å². The van der Waals surface area contributed by atoms with E-state index in [-0.39, 0.29) is 31.2 Å². The van der Waals surface area contributed by atoms with Crippen LogP contribution in [0.1, 0.15) is 20.3 Å². The van der Waals surface area contributed by atoms with E-state index in [2.05, 4.69) is 0 Å². The molecule has 1 rings (SSSR count). The minimum Gasteiger partial charge on any atom is -0.480 e. The molecule has 0 saturated carbocycles. The van der Waals surface area contributed by atoms with Crippen LogP contribution in [0.25, 0.3) is 0 Å². The number of nitrogens with zero attached hydrogens (tertiary/aromatic N) is 1. The van der Waals surface area contributed by atoms with Crippen LogP contribution in [0.2, 0.25) is 0 Å². The lowest BCUT2D eigenvalue weighted by Crippen LogP contribution is -2.50. The fourth-order valence-corrected chi connectivity index (χ4v) is 3.59. The SMILES string of the molecule is CC(C)CS(=O)(=O)N1CCC(N)(C(=O)O)C1. The average Bonchev–Trinajstić information content (AvgIpc) is 2.47. The molecule has 0 amide bonds. The Morgan fingerprint density at radius 1 is 1.56 bits per heavy atom. The Morgan fingerprint density at radius 2 is 2.12 bits per heavy atom. The maximum Gasteiger partial charge on any atom is 0.325 e. The Bertz CT molecular complexity index is 379. The second kappa shape index (κ2) is 4.31. The highest BCUT2D eigenvalue weighted by molar-refractivity contribution is 7.89. The highest BCUT2D eigenvalue weighted by Gasteiger charge is 2.45. The normalized spacial score (nSPS) is 27.5. The van der Waals surface area contributed by atoms with E-state index >= 15 is 0 Å². The van der Waals surface area contributed by atoms with Crippen LogP contribution in [0.3, 0.4) is 0 Å². The Balaban J connectivity index is 2.77. The molecule has 0 aromatic carbocycles. The lowest BCUT2D eigenvalue weighted by Gasteiger charge is -2.20.